The number of carbonyl (C=O) groups excluding carboxylic acids is 1. The van der Waals surface area contributed by atoms with Gasteiger partial charge in [0.15, 0.2) is 10.8 Å². The van der Waals surface area contributed by atoms with Crippen molar-refractivity contribution in [1.29, 1.82) is 0 Å². The quantitative estimate of drug-likeness (QED) is 0.872. The lowest BCUT2D eigenvalue weighted by Crippen LogP contribution is -2.34. The number of nitrogens with zero attached hydrogens (tertiary/aromatic N) is 4. The largest absolute Gasteiger partial charge is 0.390 e. The van der Waals surface area contributed by atoms with Crippen molar-refractivity contribution >= 4 is 28.0 Å². The number of carbonyl (C=O) groups is 1. The molecule has 2 heterocycles. The smallest absolute Gasteiger partial charge is 0.241 e. The van der Waals surface area contributed by atoms with E-state index in [9.17, 15) is 9.90 Å². The number of aliphatic hydroxyl groups is 1. The highest BCUT2D eigenvalue weighted by molar-refractivity contribution is 7.15. The van der Waals surface area contributed by atoms with Crippen LogP contribution in [0.25, 0.3) is 4.96 Å². The average Bonchev–Trinajstić information content (AvgIpc) is 2.87. The van der Waals surface area contributed by atoms with Gasteiger partial charge < -0.3 is 14.9 Å². The molecular weight excluding hydrogens is 252 g/mol. The average molecular weight is 268 g/mol. The van der Waals surface area contributed by atoms with Gasteiger partial charge in [0.05, 0.1) is 18.8 Å². The molecule has 0 aliphatic heterocycles. The van der Waals surface area contributed by atoms with Crippen molar-refractivity contribution in [2.24, 2.45) is 0 Å². The van der Waals surface area contributed by atoms with Crippen LogP contribution in [0.4, 0.5) is 5.82 Å². The second kappa shape index (κ2) is 4.95. The van der Waals surface area contributed by atoms with E-state index in [1.165, 1.54) is 16.2 Å². The van der Waals surface area contributed by atoms with Crippen LogP contribution in [0.3, 0.4) is 0 Å². The number of amides is 1. The first-order valence-corrected chi connectivity index (χ1v) is 6.39. The molecule has 0 spiro atoms. The minimum Gasteiger partial charge on any atom is -0.390 e. The summed E-state index contributed by atoms with van der Waals surface area (Å²) in [5, 5.41) is 11.4. The molecule has 0 aliphatic rings. The van der Waals surface area contributed by atoms with E-state index in [1.54, 1.807) is 26.0 Å². The van der Waals surface area contributed by atoms with Crippen molar-refractivity contribution in [3.63, 3.8) is 0 Å². The first-order chi connectivity index (χ1) is 8.54. The third kappa shape index (κ3) is 2.19. The molecule has 0 fully saturated rings. The molecule has 0 aromatic carbocycles. The highest BCUT2D eigenvalue weighted by atomic mass is 32.1. The van der Waals surface area contributed by atoms with Crippen molar-refractivity contribution in [3.05, 3.63) is 17.3 Å². The summed E-state index contributed by atoms with van der Waals surface area (Å²) < 4.78 is 1.84. The van der Waals surface area contributed by atoms with Crippen LogP contribution in [0, 0.1) is 0 Å². The molecule has 1 N–H and O–H groups in total. The van der Waals surface area contributed by atoms with Gasteiger partial charge in [0, 0.05) is 32.7 Å². The van der Waals surface area contributed by atoms with Crippen LogP contribution in [-0.2, 0) is 11.4 Å². The molecule has 7 heteroatoms. The molecule has 98 valence electrons. The van der Waals surface area contributed by atoms with Gasteiger partial charge in [0.2, 0.25) is 5.91 Å². The third-order valence-electron chi connectivity index (χ3n) is 2.72. The highest BCUT2D eigenvalue weighted by Crippen LogP contribution is 2.23. The predicted octanol–water partition coefficient (Wildman–Crippen LogP) is 0.413. The van der Waals surface area contributed by atoms with Gasteiger partial charge in [-0.3, -0.25) is 9.20 Å². The molecule has 1 amide bonds. The van der Waals surface area contributed by atoms with Crippen molar-refractivity contribution in [3.8, 4) is 0 Å². The molecule has 6 nitrogen and oxygen atoms in total. The molecule has 2 rings (SSSR count). The second-order valence-electron chi connectivity index (χ2n) is 4.24. The first-order valence-electron chi connectivity index (χ1n) is 5.51. The van der Waals surface area contributed by atoms with E-state index in [-0.39, 0.29) is 19.1 Å². The Morgan fingerprint density at radius 1 is 1.50 bits per heavy atom. The van der Waals surface area contributed by atoms with E-state index < -0.39 is 0 Å². The lowest BCUT2D eigenvalue weighted by atomic mass is 10.4. The minimum atomic E-state index is -0.103. The highest BCUT2D eigenvalue weighted by Gasteiger charge is 2.18. The maximum atomic E-state index is 11.7. The lowest BCUT2D eigenvalue weighted by Gasteiger charge is -2.19. The molecule has 0 saturated heterocycles. The standard InChI is InChI=1S/C11H16N4O2S/c1-13(2)9(17)6-14(3)10-8(7-16)15-4-5-18-11(15)12-10/h4-5,16H,6-7H2,1-3H3. The van der Waals surface area contributed by atoms with Crippen molar-refractivity contribution in [1.82, 2.24) is 14.3 Å². The summed E-state index contributed by atoms with van der Waals surface area (Å²) >= 11 is 1.50. The number of fused-ring (bicyclic) bond motifs is 1. The summed E-state index contributed by atoms with van der Waals surface area (Å²) in [6.07, 6.45) is 1.86. The third-order valence-corrected chi connectivity index (χ3v) is 3.48. The Morgan fingerprint density at radius 2 is 2.22 bits per heavy atom. The SMILES string of the molecule is CN(C)C(=O)CN(C)c1nc2sccn2c1CO. The molecule has 0 radical (unpaired) electrons. The summed E-state index contributed by atoms with van der Waals surface area (Å²) in [7, 11) is 5.23. The number of hydrogen-bond acceptors (Lipinski definition) is 5. The van der Waals surface area contributed by atoms with E-state index in [0.29, 0.717) is 11.5 Å². The lowest BCUT2D eigenvalue weighted by molar-refractivity contribution is -0.127. The van der Waals surface area contributed by atoms with Crippen LogP contribution >= 0.6 is 11.3 Å². The van der Waals surface area contributed by atoms with Crippen LogP contribution in [0.5, 0.6) is 0 Å². The Bertz CT molecular complexity index is 560. The van der Waals surface area contributed by atoms with E-state index in [4.69, 9.17) is 0 Å². The number of imidazole rings is 1. The zero-order valence-electron chi connectivity index (χ0n) is 10.6. The molecule has 0 unspecified atom stereocenters. The molecule has 18 heavy (non-hydrogen) atoms. The summed E-state index contributed by atoms with van der Waals surface area (Å²) in [6, 6.07) is 0. The molecule has 0 aliphatic carbocycles. The van der Waals surface area contributed by atoms with Crippen LogP contribution in [0.1, 0.15) is 5.69 Å². The van der Waals surface area contributed by atoms with Crippen LogP contribution < -0.4 is 4.90 Å². The van der Waals surface area contributed by atoms with E-state index in [0.717, 1.165) is 4.96 Å². The molecule has 2 aromatic heterocycles. The number of aromatic nitrogens is 2. The Balaban J connectivity index is 2.29. The van der Waals surface area contributed by atoms with Gasteiger partial charge in [-0.1, -0.05) is 0 Å². The normalized spacial score (nSPS) is 10.9. The van der Waals surface area contributed by atoms with Gasteiger partial charge in [0.25, 0.3) is 0 Å². The molecule has 0 bridgehead atoms. The predicted molar refractivity (Wildman–Crippen MR) is 71.0 cm³/mol. The van der Waals surface area contributed by atoms with Gasteiger partial charge in [-0.25, -0.2) is 4.98 Å². The van der Waals surface area contributed by atoms with Gasteiger partial charge in [-0.15, -0.1) is 11.3 Å². The zero-order chi connectivity index (χ0) is 13.3. The maximum absolute atomic E-state index is 11.7. The van der Waals surface area contributed by atoms with E-state index >= 15 is 0 Å². The van der Waals surface area contributed by atoms with E-state index in [2.05, 4.69) is 4.98 Å². The number of likely N-dealkylation sites (N-methyl/N-ethyl adjacent to an activating group) is 2. The van der Waals surface area contributed by atoms with Crippen LogP contribution in [-0.4, -0.2) is 53.0 Å². The number of hydrogen-bond donors (Lipinski definition) is 1. The fourth-order valence-electron chi connectivity index (χ4n) is 1.69. The summed E-state index contributed by atoms with van der Waals surface area (Å²) in [4.78, 5) is 20.2. The summed E-state index contributed by atoms with van der Waals surface area (Å²) in [5.74, 6) is 0.650. The Morgan fingerprint density at radius 3 is 2.83 bits per heavy atom. The Kier molecular flexibility index (Phi) is 3.53. The first kappa shape index (κ1) is 12.8. The molecular formula is C11H16N4O2S. The van der Waals surface area contributed by atoms with Crippen LogP contribution in [0.2, 0.25) is 0 Å². The van der Waals surface area contributed by atoms with Gasteiger partial charge in [0.1, 0.15) is 0 Å². The Hall–Kier alpha value is -1.60. The fourth-order valence-corrected chi connectivity index (χ4v) is 2.42. The minimum absolute atomic E-state index is 0.00209. The van der Waals surface area contributed by atoms with Gasteiger partial charge >= 0.3 is 0 Å². The number of thiazole rings is 1. The zero-order valence-corrected chi connectivity index (χ0v) is 11.4. The fraction of sp³-hybridized carbons (Fsp3) is 0.455. The van der Waals surface area contributed by atoms with Crippen molar-refractivity contribution in [2.75, 3.05) is 32.6 Å². The number of anilines is 1. The maximum Gasteiger partial charge on any atom is 0.241 e. The topological polar surface area (TPSA) is 61.1 Å². The molecule has 0 atom stereocenters. The summed E-state index contributed by atoms with van der Waals surface area (Å²) in [6.45, 7) is 0.137. The molecule has 0 saturated carbocycles. The monoisotopic (exact) mass is 268 g/mol. The van der Waals surface area contributed by atoms with Gasteiger partial charge in [-0.2, -0.15) is 0 Å². The number of rotatable bonds is 4. The van der Waals surface area contributed by atoms with Gasteiger partial charge in [-0.05, 0) is 0 Å². The second-order valence-corrected chi connectivity index (χ2v) is 5.11. The molecule has 2 aromatic rings. The van der Waals surface area contributed by atoms with E-state index in [1.807, 2.05) is 16.0 Å². The van der Waals surface area contributed by atoms with Crippen LogP contribution in [0.15, 0.2) is 11.6 Å². The number of aliphatic hydroxyl groups excluding tert-OH is 1. The van der Waals surface area contributed by atoms with Crippen molar-refractivity contribution < 1.29 is 9.90 Å². The van der Waals surface area contributed by atoms with Crippen molar-refractivity contribution in [2.45, 2.75) is 6.61 Å². The Labute approximate surface area is 109 Å². The summed E-state index contributed by atoms with van der Waals surface area (Å²) in [5.41, 5.74) is 0.709.